The Morgan fingerprint density at radius 3 is 2.50 bits per heavy atom. The number of aromatic nitrogens is 2. The second kappa shape index (κ2) is 9.85. The first kappa shape index (κ1) is 23.5. The van der Waals surface area contributed by atoms with Gasteiger partial charge in [0, 0.05) is 49.9 Å². The Kier molecular flexibility index (Phi) is 6.42. The van der Waals surface area contributed by atoms with Gasteiger partial charge in [-0.15, -0.1) is 0 Å². The summed E-state index contributed by atoms with van der Waals surface area (Å²) in [5.41, 5.74) is 0.797. The molecule has 3 aromatic rings. The van der Waals surface area contributed by atoms with Crippen LogP contribution in [0.3, 0.4) is 0 Å². The Balaban J connectivity index is 1.07. The molecule has 1 amide bonds. The molecule has 6 rings (SSSR count). The highest BCUT2D eigenvalue weighted by Gasteiger charge is 2.36. The van der Waals surface area contributed by atoms with Gasteiger partial charge < -0.3 is 14.2 Å². The second-order valence-corrected chi connectivity index (χ2v) is 10.8. The monoisotopic (exact) mass is 490 g/mol. The highest BCUT2D eigenvalue weighted by molar-refractivity contribution is 5.98. The molecule has 0 N–H and O–H groups in total. The molecule has 2 aliphatic heterocycles. The number of carbonyl (C=O) groups excluding carboxylic acids is 1. The standard InChI is InChI=1S/C29H35FN4O2/c30-29(12-1-2-13-29)21-32-16-10-24(11-17-32)36-25-6-8-27(31-20-25)34-18-9-22-19-23(5-7-26(22)34)28(35)33-14-3-4-15-33/h5-9,18-20,24H,1-4,10-17,21H2. The van der Waals surface area contributed by atoms with E-state index in [2.05, 4.69) is 9.88 Å². The van der Waals surface area contributed by atoms with Gasteiger partial charge in [0.05, 0.1) is 11.7 Å². The summed E-state index contributed by atoms with van der Waals surface area (Å²) in [6.45, 7) is 4.06. The smallest absolute Gasteiger partial charge is 0.253 e. The van der Waals surface area contributed by atoms with Crippen molar-refractivity contribution >= 4 is 16.8 Å². The van der Waals surface area contributed by atoms with Crippen molar-refractivity contribution in [1.82, 2.24) is 19.4 Å². The number of fused-ring (bicyclic) bond motifs is 1. The highest BCUT2D eigenvalue weighted by Crippen LogP contribution is 2.35. The van der Waals surface area contributed by atoms with E-state index in [0.717, 1.165) is 106 Å². The van der Waals surface area contributed by atoms with Crippen LogP contribution < -0.4 is 4.74 Å². The molecule has 0 radical (unpaired) electrons. The first-order chi connectivity index (χ1) is 17.6. The maximum Gasteiger partial charge on any atom is 0.253 e. The Bertz CT molecular complexity index is 1200. The molecule has 6 nitrogen and oxygen atoms in total. The predicted molar refractivity (Wildman–Crippen MR) is 139 cm³/mol. The molecular weight excluding hydrogens is 455 g/mol. The van der Waals surface area contributed by atoms with E-state index in [4.69, 9.17) is 4.74 Å². The van der Waals surface area contributed by atoms with Crippen LogP contribution in [0.15, 0.2) is 48.8 Å². The van der Waals surface area contributed by atoms with Gasteiger partial charge in [-0.2, -0.15) is 0 Å². The third kappa shape index (κ3) is 4.85. The van der Waals surface area contributed by atoms with E-state index < -0.39 is 5.67 Å². The number of carbonyl (C=O) groups is 1. The Hall–Kier alpha value is -2.93. The number of likely N-dealkylation sites (tertiary alicyclic amines) is 2. The number of pyridine rings is 1. The summed E-state index contributed by atoms with van der Waals surface area (Å²) in [5, 5.41) is 1.03. The van der Waals surface area contributed by atoms with Gasteiger partial charge in [0.2, 0.25) is 0 Å². The highest BCUT2D eigenvalue weighted by atomic mass is 19.1. The lowest BCUT2D eigenvalue weighted by Gasteiger charge is -2.35. The molecule has 3 aliphatic rings. The minimum atomic E-state index is -0.971. The lowest BCUT2D eigenvalue weighted by Crippen LogP contribution is -2.44. The zero-order valence-corrected chi connectivity index (χ0v) is 20.9. The molecule has 0 spiro atoms. The molecular formula is C29H35FN4O2. The minimum Gasteiger partial charge on any atom is -0.489 e. The van der Waals surface area contributed by atoms with Crippen LogP contribution in [0.5, 0.6) is 5.75 Å². The second-order valence-electron chi connectivity index (χ2n) is 10.8. The molecule has 1 aromatic carbocycles. The summed E-state index contributed by atoms with van der Waals surface area (Å²) >= 11 is 0. The fourth-order valence-corrected chi connectivity index (χ4v) is 6.11. The number of piperidine rings is 1. The Morgan fingerprint density at radius 1 is 1.00 bits per heavy atom. The molecule has 0 bridgehead atoms. The molecule has 190 valence electrons. The first-order valence-corrected chi connectivity index (χ1v) is 13.5. The van der Waals surface area contributed by atoms with Crippen LogP contribution >= 0.6 is 0 Å². The zero-order valence-electron chi connectivity index (χ0n) is 20.9. The summed E-state index contributed by atoms with van der Waals surface area (Å²) in [7, 11) is 0. The average molecular weight is 491 g/mol. The molecule has 2 saturated heterocycles. The summed E-state index contributed by atoms with van der Waals surface area (Å²) < 4.78 is 23.1. The lowest BCUT2D eigenvalue weighted by molar-refractivity contribution is 0.0504. The molecule has 36 heavy (non-hydrogen) atoms. The summed E-state index contributed by atoms with van der Waals surface area (Å²) in [6.07, 6.45) is 11.4. The maximum atomic E-state index is 14.8. The number of hydrogen-bond acceptors (Lipinski definition) is 4. The number of hydrogen-bond donors (Lipinski definition) is 0. The van der Waals surface area contributed by atoms with E-state index >= 15 is 0 Å². The van der Waals surface area contributed by atoms with E-state index in [9.17, 15) is 9.18 Å². The van der Waals surface area contributed by atoms with Gasteiger partial charge in [0.1, 0.15) is 23.3 Å². The van der Waals surface area contributed by atoms with Crippen molar-refractivity contribution in [2.75, 3.05) is 32.7 Å². The average Bonchev–Trinajstić information content (AvgIpc) is 3.66. The lowest BCUT2D eigenvalue weighted by atomic mass is 10.0. The number of benzene rings is 1. The van der Waals surface area contributed by atoms with Crippen molar-refractivity contribution in [1.29, 1.82) is 0 Å². The summed E-state index contributed by atoms with van der Waals surface area (Å²) in [4.78, 5) is 21.6. The first-order valence-electron chi connectivity index (χ1n) is 13.5. The largest absolute Gasteiger partial charge is 0.489 e. The number of amides is 1. The van der Waals surface area contributed by atoms with E-state index in [1.165, 1.54) is 0 Å². The number of alkyl halides is 1. The van der Waals surface area contributed by atoms with Crippen molar-refractivity contribution in [3.8, 4) is 11.6 Å². The molecule has 0 atom stereocenters. The van der Waals surface area contributed by atoms with Gasteiger partial charge in [0.15, 0.2) is 0 Å². The van der Waals surface area contributed by atoms with Gasteiger partial charge in [-0.05, 0) is 74.9 Å². The quantitative estimate of drug-likeness (QED) is 0.465. The van der Waals surface area contributed by atoms with Crippen molar-refractivity contribution in [3.05, 3.63) is 54.4 Å². The fraction of sp³-hybridized carbons (Fsp3) is 0.517. The molecule has 3 fully saturated rings. The van der Waals surface area contributed by atoms with E-state index in [0.29, 0.717) is 6.54 Å². The Labute approximate surface area is 212 Å². The van der Waals surface area contributed by atoms with Crippen molar-refractivity contribution in [2.45, 2.75) is 63.1 Å². The normalized spacial score (nSPS) is 20.9. The molecule has 2 aromatic heterocycles. The zero-order chi connectivity index (χ0) is 24.5. The maximum absolute atomic E-state index is 14.8. The van der Waals surface area contributed by atoms with E-state index in [1.54, 1.807) is 6.20 Å². The van der Waals surface area contributed by atoms with Crippen molar-refractivity contribution in [3.63, 3.8) is 0 Å². The SMILES string of the molecule is O=C(c1ccc2c(ccn2-c2ccc(OC3CCN(CC4(F)CCCC4)CC3)cn2)c1)N1CCCC1. The Morgan fingerprint density at radius 2 is 1.78 bits per heavy atom. The van der Waals surface area contributed by atoms with E-state index in [1.807, 2.05) is 52.1 Å². The van der Waals surface area contributed by atoms with Crippen LogP contribution in [0.25, 0.3) is 16.7 Å². The van der Waals surface area contributed by atoms with Gasteiger partial charge in [-0.25, -0.2) is 9.37 Å². The van der Waals surface area contributed by atoms with Crippen LogP contribution in [0.2, 0.25) is 0 Å². The summed E-state index contributed by atoms with van der Waals surface area (Å²) in [5.74, 6) is 1.70. The van der Waals surface area contributed by atoms with Gasteiger partial charge in [-0.3, -0.25) is 9.69 Å². The molecule has 1 aliphatic carbocycles. The molecule has 1 saturated carbocycles. The fourth-order valence-electron chi connectivity index (χ4n) is 6.11. The third-order valence-corrected chi connectivity index (χ3v) is 8.14. The number of halogens is 1. The summed E-state index contributed by atoms with van der Waals surface area (Å²) in [6, 6.07) is 11.9. The number of rotatable bonds is 6. The van der Waals surface area contributed by atoms with Crippen LogP contribution in [-0.4, -0.2) is 69.8 Å². The van der Waals surface area contributed by atoms with Crippen LogP contribution in [0, 0.1) is 0 Å². The van der Waals surface area contributed by atoms with Crippen LogP contribution in [0.4, 0.5) is 4.39 Å². The van der Waals surface area contributed by atoms with Crippen LogP contribution in [-0.2, 0) is 0 Å². The van der Waals surface area contributed by atoms with Crippen LogP contribution in [0.1, 0.15) is 61.7 Å². The molecule has 0 unspecified atom stereocenters. The van der Waals surface area contributed by atoms with Gasteiger partial charge in [-0.1, -0.05) is 12.8 Å². The van der Waals surface area contributed by atoms with Gasteiger partial charge >= 0.3 is 0 Å². The van der Waals surface area contributed by atoms with Crippen molar-refractivity contribution in [2.24, 2.45) is 0 Å². The predicted octanol–water partition coefficient (Wildman–Crippen LogP) is 5.39. The number of nitrogens with zero attached hydrogens (tertiary/aromatic N) is 4. The van der Waals surface area contributed by atoms with Crippen molar-refractivity contribution < 1.29 is 13.9 Å². The molecule has 4 heterocycles. The third-order valence-electron chi connectivity index (χ3n) is 8.14. The van der Waals surface area contributed by atoms with E-state index in [-0.39, 0.29) is 12.0 Å². The topological polar surface area (TPSA) is 50.6 Å². The minimum absolute atomic E-state index is 0.121. The molecule has 7 heteroatoms. The number of ether oxygens (including phenoxy) is 1. The van der Waals surface area contributed by atoms with Gasteiger partial charge in [0.25, 0.3) is 5.91 Å².